The molecule has 3 aromatic carbocycles. The zero-order chi connectivity index (χ0) is 27.9. The molecule has 10 heteroatoms. The highest BCUT2D eigenvalue weighted by molar-refractivity contribution is 7.92. The van der Waals surface area contributed by atoms with Gasteiger partial charge in [0.2, 0.25) is 21.8 Å². The number of aryl methyl sites for hydroxylation is 1. The van der Waals surface area contributed by atoms with Crippen molar-refractivity contribution in [3.8, 4) is 0 Å². The standard InChI is InChI=1S/C28H31Cl2N3O4S/c1-4-20-10-13-23(14-11-20)33(38(3,36)37)19-27(34)32(18-22-12-15-24(29)25(30)16-22)26(28(35)31-2)17-21-8-6-5-7-9-21/h5-16,26H,4,17-19H2,1-3H3,(H,31,35). The minimum Gasteiger partial charge on any atom is -0.357 e. The molecule has 1 atom stereocenters. The molecule has 3 rings (SSSR count). The molecule has 3 aromatic rings. The van der Waals surface area contributed by atoms with Crippen LogP contribution in [0.2, 0.25) is 10.0 Å². The topological polar surface area (TPSA) is 86.8 Å². The molecule has 0 radical (unpaired) electrons. The highest BCUT2D eigenvalue weighted by atomic mass is 35.5. The Morgan fingerprint density at radius 1 is 0.895 bits per heavy atom. The van der Waals surface area contributed by atoms with Crippen molar-refractivity contribution in [1.82, 2.24) is 10.2 Å². The molecule has 0 aliphatic heterocycles. The number of likely N-dealkylation sites (N-methyl/N-ethyl adjacent to an activating group) is 1. The van der Waals surface area contributed by atoms with Crippen molar-refractivity contribution in [2.45, 2.75) is 32.4 Å². The van der Waals surface area contributed by atoms with Gasteiger partial charge >= 0.3 is 0 Å². The van der Waals surface area contributed by atoms with Crippen molar-refractivity contribution >= 4 is 50.7 Å². The molecule has 0 spiro atoms. The molecule has 7 nitrogen and oxygen atoms in total. The molecule has 1 unspecified atom stereocenters. The SMILES string of the molecule is CCc1ccc(N(CC(=O)N(Cc2ccc(Cl)c(Cl)c2)C(Cc2ccccc2)C(=O)NC)S(C)(=O)=O)cc1. The predicted octanol–water partition coefficient (Wildman–Crippen LogP) is 4.71. The molecule has 0 aromatic heterocycles. The predicted molar refractivity (Wildman–Crippen MR) is 153 cm³/mol. The lowest BCUT2D eigenvalue weighted by Gasteiger charge is -2.33. The van der Waals surface area contributed by atoms with Crippen LogP contribution in [0.3, 0.4) is 0 Å². The number of nitrogens with one attached hydrogen (secondary N) is 1. The van der Waals surface area contributed by atoms with Crippen molar-refractivity contribution in [2.24, 2.45) is 0 Å². The van der Waals surface area contributed by atoms with Crippen LogP contribution in [0.4, 0.5) is 5.69 Å². The molecular formula is C28H31Cl2N3O4S. The Hall–Kier alpha value is -3.07. The largest absolute Gasteiger partial charge is 0.357 e. The molecule has 0 bridgehead atoms. The lowest BCUT2D eigenvalue weighted by atomic mass is 10.0. The Kier molecular flexibility index (Phi) is 10.2. The molecule has 0 aliphatic rings. The summed E-state index contributed by atoms with van der Waals surface area (Å²) in [6, 6.07) is 20.4. The first-order valence-electron chi connectivity index (χ1n) is 12.1. The average molecular weight is 577 g/mol. The van der Waals surface area contributed by atoms with Gasteiger partial charge in [-0.25, -0.2) is 8.42 Å². The van der Waals surface area contributed by atoms with Crippen LogP contribution in [0.25, 0.3) is 0 Å². The maximum Gasteiger partial charge on any atom is 0.244 e. The summed E-state index contributed by atoms with van der Waals surface area (Å²) in [5, 5.41) is 3.31. The summed E-state index contributed by atoms with van der Waals surface area (Å²) in [4.78, 5) is 28.4. The molecule has 1 N–H and O–H groups in total. The van der Waals surface area contributed by atoms with E-state index in [1.807, 2.05) is 49.4 Å². The summed E-state index contributed by atoms with van der Waals surface area (Å²) in [5.74, 6) is -0.911. The van der Waals surface area contributed by atoms with Gasteiger partial charge in [-0.1, -0.05) is 78.7 Å². The molecule has 38 heavy (non-hydrogen) atoms. The number of hydrogen-bond acceptors (Lipinski definition) is 4. The first-order valence-corrected chi connectivity index (χ1v) is 14.7. The fourth-order valence-electron chi connectivity index (χ4n) is 4.07. The summed E-state index contributed by atoms with van der Waals surface area (Å²) in [6.45, 7) is 1.54. The molecule has 0 aliphatic carbocycles. The number of nitrogens with zero attached hydrogens (tertiary/aromatic N) is 2. The monoisotopic (exact) mass is 575 g/mol. The quantitative estimate of drug-likeness (QED) is 0.359. The first-order chi connectivity index (χ1) is 18.0. The highest BCUT2D eigenvalue weighted by Crippen LogP contribution is 2.25. The van der Waals surface area contributed by atoms with Crippen LogP contribution < -0.4 is 9.62 Å². The van der Waals surface area contributed by atoms with E-state index < -0.39 is 28.5 Å². The Labute approximate surface area is 234 Å². The smallest absolute Gasteiger partial charge is 0.244 e. The van der Waals surface area contributed by atoms with Crippen molar-refractivity contribution in [3.63, 3.8) is 0 Å². The van der Waals surface area contributed by atoms with Crippen molar-refractivity contribution in [2.75, 3.05) is 24.2 Å². The Morgan fingerprint density at radius 3 is 2.08 bits per heavy atom. The molecule has 202 valence electrons. The molecular weight excluding hydrogens is 545 g/mol. The van der Waals surface area contributed by atoms with E-state index >= 15 is 0 Å². The number of halogens is 2. The maximum absolute atomic E-state index is 13.9. The fraction of sp³-hybridized carbons (Fsp3) is 0.286. The lowest BCUT2D eigenvalue weighted by Crippen LogP contribution is -2.52. The number of carbonyl (C=O) groups excluding carboxylic acids is 2. The fourth-order valence-corrected chi connectivity index (χ4v) is 5.24. The van der Waals surface area contributed by atoms with E-state index in [0.29, 0.717) is 21.3 Å². The van der Waals surface area contributed by atoms with Crippen LogP contribution in [-0.2, 0) is 39.0 Å². The third-order valence-corrected chi connectivity index (χ3v) is 8.05. The summed E-state index contributed by atoms with van der Waals surface area (Å²) in [6.07, 6.45) is 2.08. The van der Waals surface area contributed by atoms with E-state index in [2.05, 4.69) is 5.32 Å². The van der Waals surface area contributed by atoms with Gasteiger partial charge in [-0.3, -0.25) is 13.9 Å². The molecule has 2 amide bonds. The number of benzene rings is 3. The zero-order valence-electron chi connectivity index (χ0n) is 21.5. The lowest BCUT2D eigenvalue weighted by molar-refractivity contribution is -0.139. The minimum absolute atomic E-state index is 0.0209. The van der Waals surface area contributed by atoms with Gasteiger partial charge < -0.3 is 10.2 Å². The summed E-state index contributed by atoms with van der Waals surface area (Å²) in [7, 11) is -2.31. The highest BCUT2D eigenvalue weighted by Gasteiger charge is 2.32. The van der Waals surface area contributed by atoms with Crippen molar-refractivity contribution < 1.29 is 18.0 Å². The average Bonchev–Trinajstić information content (AvgIpc) is 2.90. The Bertz CT molecular complexity index is 1370. The van der Waals surface area contributed by atoms with Gasteiger partial charge in [-0.05, 0) is 47.4 Å². The summed E-state index contributed by atoms with van der Waals surface area (Å²) < 4.78 is 26.6. The summed E-state index contributed by atoms with van der Waals surface area (Å²) in [5.41, 5.74) is 2.90. The number of hydrogen-bond donors (Lipinski definition) is 1. The molecule has 0 fully saturated rings. The van der Waals surface area contributed by atoms with Gasteiger partial charge in [0.05, 0.1) is 22.0 Å². The van der Waals surface area contributed by atoms with Crippen molar-refractivity contribution in [1.29, 1.82) is 0 Å². The van der Waals surface area contributed by atoms with E-state index in [0.717, 1.165) is 28.1 Å². The van der Waals surface area contributed by atoms with E-state index in [1.54, 1.807) is 30.3 Å². The Balaban J connectivity index is 2.03. The van der Waals surface area contributed by atoms with Gasteiger partial charge in [-0.2, -0.15) is 0 Å². The number of amides is 2. The van der Waals surface area contributed by atoms with E-state index in [4.69, 9.17) is 23.2 Å². The van der Waals surface area contributed by atoms with Crippen LogP contribution in [0.1, 0.15) is 23.6 Å². The number of sulfonamides is 1. The van der Waals surface area contributed by atoms with E-state index in [-0.39, 0.29) is 18.9 Å². The number of anilines is 1. The van der Waals surface area contributed by atoms with Crippen molar-refractivity contribution in [3.05, 3.63) is 99.5 Å². The van der Waals surface area contributed by atoms with Gasteiger partial charge in [0, 0.05) is 20.0 Å². The second kappa shape index (κ2) is 13.1. The van der Waals surface area contributed by atoms with Gasteiger partial charge in [-0.15, -0.1) is 0 Å². The second-order valence-electron chi connectivity index (χ2n) is 8.88. The van der Waals surface area contributed by atoms with Crippen LogP contribution in [0.15, 0.2) is 72.8 Å². The van der Waals surface area contributed by atoms with Crippen LogP contribution in [0, 0.1) is 0 Å². The normalized spacial score (nSPS) is 12.0. The Morgan fingerprint density at radius 2 is 1.53 bits per heavy atom. The zero-order valence-corrected chi connectivity index (χ0v) is 23.9. The van der Waals surface area contributed by atoms with Crippen LogP contribution >= 0.6 is 23.2 Å². The van der Waals surface area contributed by atoms with Gasteiger partial charge in [0.1, 0.15) is 12.6 Å². The van der Waals surface area contributed by atoms with Gasteiger partial charge in [0.25, 0.3) is 0 Å². The third kappa shape index (κ3) is 7.72. The molecule has 0 heterocycles. The van der Waals surface area contributed by atoms with Crippen LogP contribution in [0.5, 0.6) is 0 Å². The number of rotatable bonds is 11. The minimum atomic E-state index is -3.81. The molecule has 0 saturated carbocycles. The van der Waals surface area contributed by atoms with E-state index in [1.165, 1.54) is 11.9 Å². The molecule has 0 saturated heterocycles. The summed E-state index contributed by atoms with van der Waals surface area (Å²) >= 11 is 12.3. The first kappa shape index (κ1) is 29.5. The van der Waals surface area contributed by atoms with E-state index in [9.17, 15) is 18.0 Å². The number of carbonyl (C=O) groups is 2. The third-order valence-electron chi connectivity index (χ3n) is 6.17. The second-order valence-corrected chi connectivity index (χ2v) is 11.6. The van der Waals surface area contributed by atoms with Crippen LogP contribution in [-0.4, -0.2) is 51.0 Å². The van der Waals surface area contributed by atoms with Gasteiger partial charge in [0.15, 0.2) is 0 Å². The maximum atomic E-state index is 13.9.